The van der Waals surface area contributed by atoms with Gasteiger partial charge < -0.3 is 5.73 Å². The maximum Gasteiger partial charge on any atom is 0.350 e. The number of hydrogen-bond acceptors (Lipinski definition) is 7. The SMILES string of the molecule is Cc1cc(N)nc(Cn2cc([N+](=O)[O-])c(=O)[nH]c2=O)n1. The number of nitrogens with one attached hydrogen (secondary N) is 1. The van der Waals surface area contributed by atoms with Gasteiger partial charge >= 0.3 is 16.9 Å². The minimum Gasteiger partial charge on any atom is -0.384 e. The second kappa shape index (κ2) is 4.91. The predicted molar refractivity (Wildman–Crippen MR) is 68.3 cm³/mol. The van der Waals surface area contributed by atoms with Crippen molar-refractivity contribution in [1.82, 2.24) is 19.5 Å². The van der Waals surface area contributed by atoms with Crippen LogP contribution in [0.5, 0.6) is 0 Å². The predicted octanol–water partition coefficient (Wildman–Crippen LogP) is -0.826. The third kappa shape index (κ3) is 2.68. The quantitative estimate of drug-likeness (QED) is 0.549. The van der Waals surface area contributed by atoms with Gasteiger partial charge in [-0.15, -0.1) is 0 Å². The fraction of sp³-hybridized carbons (Fsp3) is 0.200. The Labute approximate surface area is 111 Å². The summed E-state index contributed by atoms with van der Waals surface area (Å²) >= 11 is 0. The van der Waals surface area contributed by atoms with Crippen LogP contribution in [-0.4, -0.2) is 24.4 Å². The lowest BCUT2D eigenvalue weighted by Crippen LogP contribution is -2.31. The minimum atomic E-state index is -1.05. The standard InChI is InChI=1S/C10H10N6O4/c1-5-2-7(11)13-8(12-5)4-15-3-6(16(19)20)9(17)14-10(15)18/h2-3H,4H2,1H3,(H2,11,12,13)(H,14,17,18). The molecular weight excluding hydrogens is 268 g/mol. The number of nitrogen functional groups attached to an aromatic ring is 1. The summed E-state index contributed by atoms with van der Waals surface area (Å²) in [6, 6.07) is 1.54. The van der Waals surface area contributed by atoms with Crippen molar-refractivity contribution in [3.8, 4) is 0 Å². The van der Waals surface area contributed by atoms with E-state index in [1.807, 2.05) is 4.98 Å². The summed E-state index contributed by atoms with van der Waals surface area (Å²) in [5.41, 5.74) is 3.57. The Morgan fingerprint density at radius 3 is 2.75 bits per heavy atom. The van der Waals surface area contributed by atoms with Gasteiger partial charge in [0.25, 0.3) is 0 Å². The van der Waals surface area contributed by atoms with E-state index in [9.17, 15) is 19.7 Å². The topological polar surface area (TPSA) is 150 Å². The van der Waals surface area contributed by atoms with E-state index in [0.29, 0.717) is 5.69 Å². The van der Waals surface area contributed by atoms with Gasteiger partial charge in [0.15, 0.2) is 5.82 Å². The molecule has 10 heteroatoms. The van der Waals surface area contributed by atoms with Crippen molar-refractivity contribution >= 4 is 11.5 Å². The molecule has 0 radical (unpaired) electrons. The third-order valence-corrected chi connectivity index (χ3v) is 2.42. The molecule has 3 N–H and O–H groups in total. The van der Waals surface area contributed by atoms with Crippen LogP contribution in [0.15, 0.2) is 21.9 Å². The van der Waals surface area contributed by atoms with Gasteiger partial charge in [-0.3, -0.25) is 24.5 Å². The van der Waals surface area contributed by atoms with E-state index in [2.05, 4.69) is 9.97 Å². The Morgan fingerprint density at radius 2 is 2.15 bits per heavy atom. The summed E-state index contributed by atoms with van der Waals surface area (Å²) in [6.45, 7) is 1.56. The van der Waals surface area contributed by atoms with Gasteiger partial charge in [-0.25, -0.2) is 14.8 Å². The van der Waals surface area contributed by atoms with Crippen molar-refractivity contribution in [3.05, 3.63) is 54.7 Å². The summed E-state index contributed by atoms with van der Waals surface area (Å²) < 4.78 is 0.938. The summed E-state index contributed by atoms with van der Waals surface area (Å²) in [5.74, 6) is 0.436. The zero-order valence-corrected chi connectivity index (χ0v) is 10.4. The molecule has 0 aliphatic heterocycles. The van der Waals surface area contributed by atoms with Crippen molar-refractivity contribution in [2.24, 2.45) is 0 Å². The monoisotopic (exact) mass is 278 g/mol. The van der Waals surface area contributed by atoms with Crippen molar-refractivity contribution in [2.75, 3.05) is 5.73 Å². The van der Waals surface area contributed by atoms with E-state index in [0.717, 1.165) is 10.8 Å². The van der Waals surface area contributed by atoms with Crippen LogP contribution < -0.4 is 17.0 Å². The van der Waals surface area contributed by atoms with Crippen LogP contribution in [0.1, 0.15) is 11.5 Å². The molecule has 20 heavy (non-hydrogen) atoms. The maximum absolute atomic E-state index is 11.6. The number of aromatic amines is 1. The first-order chi connectivity index (χ1) is 9.36. The van der Waals surface area contributed by atoms with E-state index in [-0.39, 0.29) is 18.2 Å². The highest BCUT2D eigenvalue weighted by Crippen LogP contribution is 2.04. The molecule has 2 rings (SSSR count). The van der Waals surface area contributed by atoms with E-state index in [1.165, 1.54) is 0 Å². The van der Waals surface area contributed by atoms with Gasteiger partial charge in [-0.05, 0) is 6.92 Å². The Hall–Kier alpha value is -3.04. The zero-order valence-electron chi connectivity index (χ0n) is 10.4. The van der Waals surface area contributed by atoms with Crippen LogP contribution in [0.25, 0.3) is 0 Å². The summed E-state index contributed by atoms with van der Waals surface area (Å²) in [7, 11) is 0. The van der Waals surface area contributed by atoms with Gasteiger partial charge in [-0.1, -0.05) is 0 Å². The van der Waals surface area contributed by atoms with Crippen molar-refractivity contribution in [1.29, 1.82) is 0 Å². The number of anilines is 1. The lowest BCUT2D eigenvalue weighted by atomic mass is 10.4. The van der Waals surface area contributed by atoms with E-state index in [4.69, 9.17) is 5.73 Å². The Morgan fingerprint density at radius 1 is 1.45 bits per heavy atom. The Bertz CT molecular complexity index is 773. The first-order valence-corrected chi connectivity index (χ1v) is 5.45. The smallest absolute Gasteiger partial charge is 0.350 e. The van der Waals surface area contributed by atoms with Gasteiger partial charge in [0, 0.05) is 11.8 Å². The number of aromatic nitrogens is 4. The number of aryl methyl sites for hydroxylation is 1. The second-order valence-corrected chi connectivity index (χ2v) is 4.01. The van der Waals surface area contributed by atoms with E-state index < -0.39 is 21.9 Å². The van der Waals surface area contributed by atoms with Gasteiger partial charge in [0.05, 0.1) is 17.7 Å². The average molecular weight is 278 g/mol. The number of H-pyrrole nitrogens is 1. The van der Waals surface area contributed by atoms with Gasteiger partial charge in [0.2, 0.25) is 0 Å². The second-order valence-electron chi connectivity index (χ2n) is 4.01. The molecule has 0 saturated heterocycles. The molecule has 0 bridgehead atoms. The van der Waals surface area contributed by atoms with E-state index >= 15 is 0 Å². The summed E-state index contributed by atoms with van der Waals surface area (Å²) in [4.78, 5) is 42.4. The molecule has 104 valence electrons. The number of hydrogen-bond donors (Lipinski definition) is 2. The molecule has 10 nitrogen and oxygen atoms in total. The molecule has 0 fully saturated rings. The van der Waals surface area contributed by atoms with Crippen LogP contribution in [0.4, 0.5) is 11.5 Å². The van der Waals surface area contributed by atoms with Crippen LogP contribution in [0, 0.1) is 17.0 Å². The van der Waals surface area contributed by atoms with Crippen LogP contribution in [0.3, 0.4) is 0 Å². The zero-order chi connectivity index (χ0) is 14.9. The van der Waals surface area contributed by atoms with Crippen molar-refractivity contribution in [3.63, 3.8) is 0 Å². The number of nitro groups is 1. The van der Waals surface area contributed by atoms with Crippen LogP contribution in [-0.2, 0) is 6.54 Å². The van der Waals surface area contributed by atoms with E-state index in [1.54, 1.807) is 13.0 Å². The fourth-order valence-corrected chi connectivity index (χ4v) is 1.62. The first-order valence-electron chi connectivity index (χ1n) is 5.45. The normalized spacial score (nSPS) is 10.4. The molecule has 2 aromatic heterocycles. The van der Waals surface area contributed by atoms with Gasteiger partial charge in [-0.2, -0.15) is 0 Å². The highest BCUT2D eigenvalue weighted by molar-refractivity contribution is 5.29. The number of rotatable bonds is 3. The number of nitrogens with two attached hydrogens (primary N) is 1. The molecule has 0 aliphatic carbocycles. The van der Waals surface area contributed by atoms with Crippen molar-refractivity contribution < 1.29 is 4.92 Å². The largest absolute Gasteiger partial charge is 0.384 e. The van der Waals surface area contributed by atoms with Crippen molar-refractivity contribution in [2.45, 2.75) is 13.5 Å². The fourth-order valence-electron chi connectivity index (χ4n) is 1.62. The maximum atomic E-state index is 11.6. The minimum absolute atomic E-state index is 0.137. The molecule has 0 amide bonds. The summed E-state index contributed by atoms with van der Waals surface area (Å²) in [6.07, 6.45) is 0.850. The lowest BCUT2D eigenvalue weighted by Gasteiger charge is -2.05. The molecular formula is C10H10N6O4. The Balaban J connectivity index is 2.48. The first kappa shape index (κ1) is 13.4. The molecule has 0 unspecified atom stereocenters. The third-order valence-electron chi connectivity index (χ3n) is 2.42. The van der Waals surface area contributed by atoms with Crippen LogP contribution >= 0.6 is 0 Å². The van der Waals surface area contributed by atoms with Gasteiger partial charge in [0.1, 0.15) is 5.82 Å². The van der Waals surface area contributed by atoms with Crippen LogP contribution in [0.2, 0.25) is 0 Å². The lowest BCUT2D eigenvalue weighted by molar-refractivity contribution is -0.386. The highest BCUT2D eigenvalue weighted by Gasteiger charge is 2.15. The highest BCUT2D eigenvalue weighted by atomic mass is 16.6. The molecule has 0 saturated carbocycles. The molecule has 0 aliphatic rings. The molecule has 2 aromatic rings. The number of nitrogens with zero attached hydrogens (tertiary/aromatic N) is 4. The molecule has 2 heterocycles. The molecule has 0 aromatic carbocycles. The Kier molecular flexibility index (Phi) is 3.29. The average Bonchev–Trinajstić information content (AvgIpc) is 2.30. The summed E-state index contributed by atoms with van der Waals surface area (Å²) in [5, 5.41) is 10.7. The molecule has 0 spiro atoms. The molecule has 0 atom stereocenters.